The van der Waals surface area contributed by atoms with Crippen LogP contribution in [0.2, 0.25) is 5.02 Å². The molecule has 4 aromatic rings. The van der Waals surface area contributed by atoms with E-state index < -0.39 is 0 Å². The highest BCUT2D eigenvalue weighted by molar-refractivity contribution is 6.31. The molecule has 2 aromatic carbocycles. The summed E-state index contributed by atoms with van der Waals surface area (Å²) in [5, 5.41) is 5.11. The summed E-state index contributed by atoms with van der Waals surface area (Å²) in [4.78, 5) is 26.6. The quantitative estimate of drug-likeness (QED) is 0.439. The van der Waals surface area contributed by atoms with E-state index in [4.69, 9.17) is 11.6 Å². The van der Waals surface area contributed by atoms with E-state index in [0.717, 1.165) is 53.7 Å². The summed E-state index contributed by atoms with van der Waals surface area (Å²) in [7, 11) is 0. The first-order valence-electron chi connectivity index (χ1n) is 10.4. The van der Waals surface area contributed by atoms with E-state index >= 15 is 0 Å². The van der Waals surface area contributed by atoms with Crippen LogP contribution in [0.1, 0.15) is 19.8 Å². The molecular weight excluding hydrogens is 398 g/mol. The number of aromatic nitrogens is 3. The maximum atomic E-state index is 13.1. The van der Waals surface area contributed by atoms with Gasteiger partial charge in [-0.05, 0) is 56.3 Å². The molecule has 1 aliphatic rings. The summed E-state index contributed by atoms with van der Waals surface area (Å²) >= 11 is 6.31. The van der Waals surface area contributed by atoms with Crippen LogP contribution in [-0.4, -0.2) is 45.5 Å². The highest BCUT2D eigenvalue weighted by Crippen LogP contribution is 2.32. The van der Waals surface area contributed by atoms with E-state index in [1.807, 2.05) is 36.4 Å². The van der Waals surface area contributed by atoms with Crippen LogP contribution < -0.4 is 10.9 Å². The number of H-pyrrole nitrogens is 2. The number of para-hydroxylation sites is 2. The molecule has 3 heterocycles. The van der Waals surface area contributed by atoms with Crippen LogP contribution in [-0.2, 0) is 0 Å². The Bertz CT molecular complexity index is 1240. The fourth-order valence-corrected chi connectivity index (χ4v) is 4.68. The van der Waals surface area contributed by atoms with Crippen LogP contribution in [0.25, 0.3) is 33.3 Å². The molecule has 3 N–H and O–H groups in total. The van der Waals surface area contributed by atoms with Gasteiger partial charge >= 0.3 is 0 Å². The topological polar surface area (TPSA) is 76.8 Å². The second-order valence-electron chi connectivity index (χ2n) is 7.80. The Balaban J connectivity index is 1.66. The fourth-order valence-electron chi connectivity index (χ4n) is 4.51. The average Bonchev–Trinajstić information content (AvgIpc) is 3.38. The SMILES string of the molecule is CCN1CCCC1CNc1c(-c2nc3ccccc3[nH]2)c(=O)[nH]c2ccc(Cl)cc12. The van der Waals surface area contributed by atoms with Gasteiger partial charge in [-0.25, -0.2) is 4.98 Å². The molecule has 1 atom stereocenters. The van der Waals surface area contributed by atoms with E-state index in [0.29, 0.717) is 22.5 Å². The highest BCUT2D eigenvalue weighted by Gasteiger charge is 2.24. The first kappa shape index (κ1) is 19.2. The molecule has 1 unspecified atom stereocenters. The highest BCUT2D eigenvalue weighted by atomic mass is 35.5. The molecule has 0 aliphatic carbocycles. The van der Waals surface area contributed by atoms with E-state index in [1.54, 1.807) is 6.07 Å². The van der Waals surface area contributed by atoms with Crippen molar-refractivity contribution in [2.45, 2.75) is 25.8 Å². The van der Waals surface area contributed by atoms with Crippen LogP contribution >= 0.6 is 11.6 Å². The number of likely N-dealkylation sites (N-methyl/N-ethyl adjacent to an activating group) is 1. The van der Waals surface area contributed by atoms with Gasteiger partial charge in [-0.2, -0.15) is 0 Å². The van der Waals surface area contributed by atoms with Crippen molar-refractivity contribution in [2.75, 3.05) is 25.0 Å². The summed E-state index contributed by atoms with van der Waals surface area (Å²) < 4.78 is 0. The largest absolute Gasteiger partial charge is 0.382 e. The number of anilines is 1. The minimum atomic E-state index is -0.176. The Morgan fingerprint density at radius 3 is 2.90 bits per heavy atom. The summed E-state index contributed by atoms with van der Waals surface area (Å²) in [6.07, 6.45) is 2.36. The van der Waals surface area contributed by atoms with Crippen molar-refractivity contribution in [1.82, 2.24) is 19.9 Å². The Kier molecular flexibility index (Phi) is 4.97. The number of hydrogen-bond acceptors (Lipinski definition) is 4. The van der Waals surface area contributed by atoms with Crippen molar-refractivity contribution in [3.63, 3.8) is 0 Å². The number of imidazole rings is 1. The standard InChI is InChI=1S/C23H24ClN5O/c1-2-29-11-5-6-15(29)13-25-21-16-12-14(24)9-10-17(16)28-23(30)20(21)22-26-18-7-3-4-8-19(18)27-22/h3-4,7-10,12,15H,2,5-6,11,13H2,1H3,(H,26,27)(H2,25,28,30). The second-order valence-corrected chi connectivity index (χ2v) is 8.24. The number of aromatic amines is 2. The molecule has 1 fully saturated rings. The Morgan fingerprint density at radius 2 is 2.07 bits per heavy atom. The molecule has 1 aliphatic heterocycles. The molecule has 7 heteroatoms. The summed E-state index contributed by atoms with van der Waals surface area (Å²) in [5.74, 6) is 0.556. The number of pyridine rings is 1. The Labute approximate surface area is 179 Å². The number of halogens is 1. The number of likely N-dealkylation sites (tertiary alicyclic amines) is 1. The van der Waals surface area contributed by atoms with Crippen LogP contribution in [0.15, 0.2) is 47.3 Å². The van der Waals surface area contributed by atoms with Gasteiger partial charge in [-0.1, -0.05) is 30.7 Å². The molecule has 154 valence electrons. The van der Waals surface area contributed by atoms with Crippen molar-refractivity contribution < 1.29 is 0 Å². The molecule has 0 radical (unpaired) electrons. The molecule has 6 nitrogen and oxygen atoms in total. The van der Waals surface area contributed by atoms with Crippen molar-refractivity contribution in [2.24, 2.45) is 0 Å². The predicted octanol–water partition coefficient (Wildman–Crippen LogP) is 4.62. The molecule has 2 aromatic heterocycles. The van der Waals surface area contributed by atoms with Gasteiger partial charge in [0.15, 0.2) is 0 Å². The van der Waals surface area contributed by atoms with Crippen LogP contribution in [0.5, 0.6) is 0 Å². The molecule has 0 saturated carbocycles. The first-order valence-corrected chi connectivity index (χ1v) is 10.8. The van der Waals surface area contributed by atoms with E-state index in [1.165, 1.54) is 6.42 Å². The van der Waals surface area contributed by atoms with E-state index in [-0.39, 0.29) is 5.56 Å². The lowest BCUT2D eigenvalue weighted by Crippen LogP contribution is -2.35. The summed E-state index contributed by atoms with van der Waals surface area (Å²) in [6.45, 7) is 5.12. The third-order valence-corrected chi connectivity index (χ3v) is 6.26. The maximum absolute atomic E-state index is 13.1. The lowest BCUT2D eigenvalue weighted by molar-refractivity contribution is 0.277. The molecular formula is C23H24ClN5O. The normalized spacial score (nSPS) is 17.2. The molecule has 0 bridgehead atoms. The molecule has 5 rings (SSSR count). The number of rotatable bonds is 5. The van der Waals surface area contributed by atoms with Gasteiger partial charge in [-0.3, -0.25) is 9.69 Å². The second kappa shape index (κ2) is 7.78. The van der Waals surface area contributed by atoms with Crippen LogP contribution in [0.4, 0.5) is 5.69 Å². The molecule has 30 heavy (non-hydrogen) atoms. The molecule has 0 amide bonds. The lowest BCUT2D eigenvalue weighted by atomic mass is 10.1. The van der Waals surface area contributed by atoms with Crippen molar-refractivity contribution in [3.8, 4) is 11.4 Å². The Hall–Kier alpha value is -2.83. The minimum absolute atomic E-state index is 0.176. The number of hydrogen-bond donors (Lipinski definition) is 3. The smallest absolute Gasteiger partial charge is 0.261 e. The van der Waals surface area contributed by atoms with Crippen molar-refractivity contribution in [1.29, 1.82) is 0 Å². The zero-order chi connectivity index (χ0) is 20.7. The summed E-state index contributed by atoms with van der Waals surface area (Å²) in [5.41, 5.74) is 3.60. The van der Waals surface area contributed by atoms with Crippen LogP contribution in [0, 0.1) is 0 Å². The van der Waals surface area contributed by atoms with Gasteiger partial charge < -0.3 is 15.3 Å². The number of fused-ring (bicyclic) bond motifs is 2. The van der Waals surface area contributed by atoms with Gasteiger partial charge in [0, 0.05) is 23.0 Å². The molecule has 1 saturated heterocycles. The van der Waals surface area contributed by atoms with Gasteiger partial charge in [0.1, 0.15) is 11.4 Å². The minimum Gasteiger partial charge on any atom is -0.382 e. The zero-order valence-electron chi connectivity index (χ0n) is 16.8. The van der Waals surface area contributed by atoms with Crippen LogP contribution in [0.3, 0.4) is 0 Å². The lowest BCUT2D eigenvalue weighted by Gasteiger charge is -2.24. The predicted molar refractivity (Wildman–Crippen MR) is 123 cm³/mol. The van der Waals surface area contributed by atoms with Crippen molar-refractivity contribution in [3.05, 3.63) is 57.8 Å². The third-order valence-electron chi connectivity index (χ3n) is 6.02. The Morgan fingerprint density at radius 1 is 1.20 bits per heavy atom. The summed E-state index contributed by atoms with van der Waals surface area (Å²) in [6, 6.07) is 13.8. The van der Waals surface area contributed by atoms with Gasteiger partial charge in [0.25, 0.3) is 5.56 Å². The number of nitrogens with one attached hydrogen (secondary N) is 3. The number of nitrogens with zero attached hydrogens (tertiary/aromatic N) is 2. The average molecular weight is 422 g/mol. The van der Waals surface area contributed by atoms with E-state index in [2.05, 4.69) is 32.1 Å². The zero-order valence-corrected chi connectivity index (χ0v) is 17.6. The van der Waals surface area contributed by atoms with Gasteiger partial charge in [-0.15, -0.1) is 0 Å². The van der Waals surface area contributed by atoms with Gasteiger partial charge in [0.2, 0.25) is 0 Å². The maximum Gasteiger partial charge on any atom is 0.261 e. The fraction of sp³-hybridized carbons (Fsp3) is 0.304. The van der Waals surface area contributed by atoms with E-state index in [9.17, 15) is 4.79 Å². The monoisotopic (exact) mass is 421 g/mol. The third kappa shape index (κ3) is 3.36. The number of benzene rings is 2. The first-order chi connectivity index (χ1) is 14.6. The van der Waals surface area contributed by atoms with Gasteiger partial charge in [0.05, 0.1) is 22.2 Å². The molecule has 0 spiro atoms. The van der Waals surface area contributed by atoms with Crippen molar-refractivity contribution >= 4 is 39.2 Å².